The van der Waals surface area contributed by atoms with Gasteiger partial charge < -0.3 is 5.11 Å². The fraction of sp³-hybridized carbons (Fsp3) is 0.0556. The van der Waals surface area contributed by atoms with Gasteiger partial charge in [-0.15, -0.1) is 0 Å². The summed E-state index contributed by atoms with van der Waals surface area (Å²) in [5.41, 5.74) is 3.09. The monoisotopic (exact) mass is 465 g/mol. The first kappa shape index (κ1) is 20.0. The van der Waals surface area contributed by atoms with Crippen molar-refractivity contribution in [3.8, 4) is 22.4 Å². The molecule has 26 heavy (non-hydrogen) atoms. The average Bonchev–Trinajstić information content (AvgIpc) is 2.62. The van der Waals surface area contributed by atoms with Gasteiger partial charge in [-0.3, -0.25) is 0 Å². The van der Waals surface area contributed by atoms with Crippen molar-refractivity contribution >= 4 is 69.6 Å². The largest absolute Gasteiger partial charge is 0.390 e. The molecule has 1 N–H and O–H groups in total. The van der Waals surface area contributed by atoms with Crippen molar-refractivity contribution in [3.63, 3.8) is 0 Å². The van der Waals surface area contributed by atoms with E-state index in [0.717, 1.165) is 0 Å². The summed E-state index contributed by atoms with van der Waals surface area (Å²) >= 11 is 36.3. The average molecular weight is 468 g/mol. The number of aromatic nitrogens is 1. The van der Waals surface area contributed by atoms with Crippen LogP contribution in [0, 0.1) is 0 Å². The second kappa shape index (κ2) is 8.12. The molecule has 0 saturated heterocycles. The van der Waals surface area contributed by atoms with Gasteiger partial charge in [0.15, 0.2) is 0 Å². The number of halogens is 6. The Bertz CT molecular complexity index is 959. The minimum Gasteiger partial charge on any atom is -0.390 e. The predicted octanol–water partition coefficient (Wildman–Crippen LogP) is 7.83. The molecule has 0 radical (unpaired) electrons. The van der Waals surface area contributed by atoms with E-state index in [9.17, 15) is 5.11 Å². The summed E-state index contributed by atoms with van der Waals surface area (Å²) in [6.45, 7) is -0.282. The fourth-order valence-electron chi connectivity index (χ4n) is 2.46. The van der Waals surface area contributed by atoms with Gasteiger partial charge in [-0.2, -0.15) is 0 Å². The molecule has 0 aliphatic carbocycles. The minimum atomic E-state index is -0.282. The number of hydrogen-bond acceptors (Lipinski definition) is 2. The Kier molecular flexibility index (Phi) is 6.25. The van der Waals surface area contributed by atoms with Gasteiger partial charge >= 0.3 is 0 Å². The molecular weight excluding hydrogens is 459 g/mol. The molecule has 8 heteroatoms. The number of nitrogens with zero attached hydrogens (tertiary/aromatic N) is 1. The summed E-state index contributed by atoms with van der Waals surface area (Å²) in [7, 11) is 0. The van der Waals surface area contributed by atoms with Gasteiger partial charge in [0.1, 0.15) is 0 Å². The number of hydrogen-bond donors (Lipinski definition) is 1. The summed E-state index contributed by atoms with van der Waals surface area (Å²) in [4.78, 5) is 4.50. The molecule has 0 bridgehead atoms. The molecule has 0 amide bonds. The van der Waals surface area contributed by atoms with Gasteiger partial charge in [0, 0.05) is 11.1 Å². The lowest BCUT2D eigenvalue weighted by Crippen LogP contribution is -1.97. The number of aliphatic hydroxyl groups is 1. The highest BCUT2D eigenvalue weighted by molar-refractivity contribution is 6.49. The number of aliphatic hydroxyl groups excluding tert-OH is 1. The van der Waals surface area contributed by atoms with Crippen molar-refractivity contribution in [2.45, 2.75) is 6.61 Å². The SMILES string of the molecule is OCc1nc(-c2cc(Cl)c(Cl)c(Cl)c2)ccc1-c1cc(Cl)c(Cl)c(Cl)c1. The first-order valence-corrected chi connectivity index (χ1v) is 9.49. The molecule has 0 fully saturated rings. The van der Waals surface area contributed by atoms with Gasteiger partial charge in [0.25, 0.3) is 0 Å². The third-order valence-electron chi connectivity index (χ3n) is 3.70. The van der Waals surface area contributed by atoms with Crippen LogP contribution >= 0.6 is 69.6 Å². The lowest BCUT2D eigenvalue weighted by Gasteiger charge is -2.12. The van der Waals surface area contributed by atoms with Gasteiger partial charge in [0.05, 0.1) is 48.1 Å². The quantitative estimate of drug-likeness (QED) is 0.398. The molecule has 0 atom stereocenters. The predicted molar refractivity (Wildman–Crippen MR) is 111 cm³/mol. The maximum atomic E-state index is 9.77. The molecule has 0 aliphatic heterocycles. The maximum absolute atomic E-state index is 9.77. The number of pyridine rings is 1. The first-order valence-electron chi connectivity index (χ1n) is 7.22. The maximum Gasteiger partial charge on any atom is 0.0859 e. The normalized spacial score (nSPS) is 11.0. The van der Waals surface area contributed by atoms with E-state index in [-0.39, 0.29) is 16.7 Å². The number of rotatable bonds is 3. The summed E-state index contributed by atoms with van der Waals surface area (Å²) in [6, 6.07) is 10.2. The molecule has 0 unspecified atom stereocenters. The van der Waals surface area contributed by atoms with Crippen LogP contribution in [0.1, 0.15) is 5.69 Å². The Hall–Kier alpha value is -0.710. The zero-order chi connectivity index (χ0) is 19.0. The van der Waals surface area contributed by atoms with Crippen LogP contribution in [0.15, 0.2) is 36.4 Å². The van der Waals surface area contributed by atoms with E-state index in [1.807, 2.05) is 0 Å². The Morgan fingerprint density at radius 3 is 1.62 bits per heavy atom. The highest BCUT2D eigenvalue weighted by Crippen LogP contribution is 2.38. The molecule has 1 aromatic heterocycles. The van der Waals surface area contributed by atoms with Gasteiger partial charge in [-0.05, 0) is 35.9 Å². The van der Waals surface area contributed by atoms with E-state index in [4.69, 9.17) is 69.6 Å². The van der Waals surface area contributed by atoms with E-state index in [0.29, 0.717) is 48.2 Å². The van der Waals surface area contributed by atoms with Gasteiger partial charge in [-0.25, -0.2) is 4.98 Å². The van der Waals surface area contributed by atoms with Crippen LogP contribution in [-0.2, 0) is 6.61 Å². The third kappa shape index (κ3) is 3.93. The van der Waals surface area contributed by atoms with E-state index < -0.39 is 0 Å². The van der Waals surface area contributed by atoms with E-state index in [2.05, 4.69) is 4.98 Å². The lowest BCUT2D eigenvalue weighted by atomic mass is 10.0. The van der Waals surface area contributed by atoms with Crippen LogP contribution in [0.5, 0.6) is 0 Å². The Balaban J connectivity index is 2.12. The molecular formula is C18H9Cl6NO. The zero-order valence-electron chi connectivity index (χ0n) is 12.8. The summed E-state index contributed by atoms with van der Waals surface area (Å²) in [5.74, 6) is 0. The van der Waals surface area contributed by atoms with Gasteiger partial charge in [-0.1, -0.05) is 75.7 Å². The van der Waals surface area contributed by atoms with Crippen molar-refractivity contribution < 1.29 is 5.11 Å². The van der Waals surface area contributed by atoms with Crippen LogP contribution in [0.2, 0.25) is 30.1 Å². The van der Waals surface area contributed by atoms with Crippen molar-refractivity contribution in [3.05, 3.63) is 72.2 Å². The summed E-state index contributed by atoms with van der Waals surface area (Å²) in [5, 5.41) is 11.6. The molecule has 3 aromatic rings. The second-order valence-electron chi connectivity index (χ2n) is 5.36. The van der Waals surface area contributed by atoms with E-state index >= 15 is 0 Å². The second-order valence-corrected chi connectivity index (χ2v) is 7.74. The van der Waals surface area contributed by atoms with Crippen molar-refractivity contribution in [2.75, 3.05) is 0 Å². The standard InChI is InChI=1S/C18H9Cl6NO/c19-11-3-8(4-12(20)17(11)23)10-1-2-15(25-16(10)7-26)9-5-13(21)18(24)14(22)6-9/h1-6,26H,7H2. The van der Waals surface area contributed by atoms with Crippen LogP contribution < -0.4 is 0 Å². The van der Waals surface area contributed by atoms with Crippen LogP contribution in [0.25, 0.3) is 22.4 Å². The topological polar surface area (TPSA) is 33.1 Å². The zero-order valence-corrected chi connectivity index (χ0v) is 17.4. The van der Waals surface area contributed by atoms with Crippen LogP contribution in [0.4, 0.5) is 0 Å². The van der Waals surface area contributed by atoms with Crippen LogP contribution in [0.3, 0.4) is 0 Å². The highest BCUT2D eigenvalue weighted by atomic mass is 35.5. The molecule has 2 aromatic carbocycles. The summed E-state index contributed by atoms with van der Waals surface area (Å²) in [6.07, 6.45) is 0. The van der Waals surface area contributed by atoms with Gasteiger partial charge in [0.2, 0.25) is 0 Å². The Morgan fingerprint density at radius 1 is 0.692 bits per heavy atom. The molecule has 0 spiro atoms. The molecule has 0 aliphatic rings. The Labute approximate surface area is 180 Å². The molecule has 0 saturated carbocycles. The van der Waals surface area contributed by atoms with Crippen LogP contribution in [-0.4, -0.2) is 10.1 Å². The van der Waals surface area contributed by atoms with Crippen molar-refractivity contribution in [1.29, 1.82) is 0 Å². The first-order chi connectivity index (χ1) is 12.3. The summed E-state index contributed by atoms with van der Waals surface area (Å²) < 4.78 is 0. The molecule has 1 heterocycles. The van der Waals surface area contributed by atoms with E-state index in [1.54, 1.807) is 36.4 Å². The number of benzene rings is 2. The third-order valence-corrected chi connectivity index (χ3v) is 6.09. The van der Waals surface area contributed by atoms with Crippen molar-refractivity contribution in [2.24, 2.45) is 0 Å². The fourth-order valence-corrected chi connectivity index (χ4v) is 3.65. The lowest BCUT2D eigenvalue weighted by molar-refractivity contribution is 0.277. The van der Waals surface area contributed by atoms with E-state index in [1.165, 1.54) is 0 Å². The van der Waals surface area contributed by atoms with Crippen molar-refractivity contribution in [1.82, 2.24) is 4.98 Å². The molecule has 2 nitrogen and oxygen atoms in total. The highest BCUT2D eigenvalue weighted by Gasteiger charge is 2.14. The Morgan fingerprint density at radius 2 is 1.15 bits per heavy atom. The minimum absolute atomic E-state index is 0.276. The molecule has 134 valence electrons. The molecule has 3 rings (SSSR count). The smallest absolute Gasteiger partial charge is 0.0859 e.